The van der Waals surface area contributed by atoms with Crippen LogP contribution in [-0.4, -0.2) is 60.3 Å². The van der Waals surface area contributed by atoms with Crippen LogP contribution in [0, 0.1) is 18.3 Å². The van der Waals surface area contributed by atoms with Crippen LogP contribution in [0.2, 0.25) is 0 Å². The Morgan fingerprint density at radius 3 is 2.89 bits per heavy atom. The van der Waals surface area contributed by atoms with E-state index in [-0.39, 0.29) is 29.6 Å². The van der Waals surface area contributed by atoms with Crippen LogP contribution in [0.25, 0.3) is 10.6 Å². The zero-order chi connectivity index (χ0) is 18.5. The standard InChI is InChI=1S/C18H20N4O3S.ClH/c1-12-16(17(24)20-4-5-22-6-8-25-9-7-22)26-18(21-12)13-2-3-15(23)14(10-13)11-19;/h2-3,10,23H,4-9H2,1H3,(H,20,24);1H. The number of hydrogen-bond donors (Lipinski definition) is 2. The lowest BCUT2D eigenvalue weighted by molar-refractivity contribution is 0.0383. The number of thiazole rings is 1. The Morgan fingerprint density at radius 1 is 1.44 bits per heavy atom. The van der Waals surface area contributed by atoms with Gasteiger partial charge in [0.1, 0.15) is 21.7 Å². The summed E-state index contributed by atoms with van der Waals surface area (Å²) >= 11 is 1.28. The summed E-state index contributed by atoms with van der Waals surface area (Å²) in [5, 5.41) is 22.2. The van der Waals surface area contributed by atoms with Crippen molar-refractivity contribution in [1.82, 2.24) is 15.2 Å². The second-order valence-corrected chi connectivity index (χ2v) is 6.99. The molecule has 27 heavy (non-hydrogen) atoms. The largest absolute Gasteiger partial charge is 0.507 e. The maximum Gasteiger partial charge on any atom is 0.263 e. The highest BCUT2D eigenvalue weighted by Crippen LogP contribution is 2.30. The first-order valence-electron chi connectivity index (χ1n) is 8.37. The molecule has 1 aliphatic heterocycles. The Balaban J connectivity index is 0.00000261. The Hall–Kier alpha value is -2.18. The van der Waals surface area contributed by atoms with Crippen molar-refractivity contribution in [1.29, 1.82) is 5.26 Å². The normalized spacial score (nSPS) is 14.2. The van der Waals surface area contributed by atoms with Crippen LogP contribution in [0.4, 0.5) is 0 Å². The lowest BCUT2D eigenvalue weighted by Gasteiger charge is -2.26. The molecule has 7 nitrogen and oxygen atoms in total. The van der Waals surface area contributed by atoms with Gasteiger partial charge in [-0.25, -0.2) is 4.98 Å². The minimum absolute atomic E-state index is 0. The molecule has 0 spiro atoms. The van der Waals surface area contributed by atoms with Crippen molar-refractivity contribution >= 4 is 29.7 Å². The van der Waals surface area contributed by atoms with Gasteiger partial charge >= 0.3 is 0 Å². The first-order valence-corrected chi connectivity index (χ1v) is 9.19. The third kappa shape index (κ3) is 5.17. The number of hydrogen-bond acceptors (Lipinski definition) is 7. The number of rotatable bonds is 5. The number of nitrogens with one attached hydrogen (secondary N) is 1. The molecule has 9 heteroatoms. The van der Waals surface area contributed by atoms with Gasteiger partial charge in [-0.05, 0) is 25.1 Å². The fraction of sp³-hybridized carbons (Fsp3) is 0.389. The zero-order valence-electron chi connectivity index (χ0n) is 14.9. The number of morpholine rings is 1. The van der Waals surface area contributed by atoms with Gasteiger partial charge in [-0.3, -0.25) is 9.69 Å². The van der Waals surface area contributed by atoms with Gasteiger partial charge in [0.2, 0.25) is 0 Å². The van der Waals surface area contributed by atoms with Crippen molar-refractivity contribution in [2.45, 2.75) is 6.92 Å². The average molecular weight is 409 g/mol. The number of phenolic OH excluding ortho intramolecular Hbond substituents is 1. The van der Waals surface area contributed by atoms with Gasteiger partial charge in [0.15, 0.2) is 0 Å². The lowest BCUT2D eigenvalue weighted by atomic mass is 10.1. The maximum absolute atomic E-state index is 12.5. The number of aryl methyl sites for hydroxylation is 1. The van der Waals surface area contributed by atoms with Crippen molar-refractivity contribution in [3.8, 4) is 22.4 Å². The van der Waals surface area contributed by atoms with Crippen molar-refractivity contribution in [3.63, 3.8) is 0 Å². The summed E-state index contributed by atoms with van der Waals surface area (Å²) in [7, 11) is 0. The summed E-state index contributed by atoms with van der Waals surface area (Å²) in [6, 6.07) is 6.67. The van der Waals surface area contributed by atoms with E-state index in [1.165, 1.54) is 17.4 Å². The highest BCUT2D eigenvalue weighted by atomic mass is 35.5. The molecule has 0 radical (unpaired) electrons. The molecule has 1 aliphatic rings. The van der Waals surface area contributed by atoms with E-state index >= 15 is 0 Å². The molecule has 1 aromatic carbocycles. The highest BCUT2D eigenvalue weighted by Gasteiger charge is 2.17. The summed E-state index contributed by atoms with van der Waals surface area (Å²) < 4.78 is 5.31. The molecular weight excluding hydrogens is 388 g/mol. The number of benzene rings is 1. The fourth-order valence-corrected chi connectivity index (χ4v) is 3.70. The number of aromatic nitrogens is 1. The molecule has 1 amide bonds. The zero-order valence-corrected chi connectivity index (χ0v) is 16.5. The molecule has 1 aromatic heterocycles. The second kappa shape index (κ2) is 9.67. The van der Waals surface area contributed by atoms with Crippen LogP contribution in [0.3, 0.4) is 0 Å². The Labute approximate surface area is 168 Å². The molecular formula is C18H21ClN4O3S. The molecule has 0 unspecified atom stereocenters. The fourth-order valence-electron chi connectivity index (χ4n) is 2.72. The predicted molar refractivity (Wildman–Crippen MR) is 106 cm³/mol. The molecule has 0 atom stereocenters. The molecule has 1 fully saturated rings. The van der Waals surface area contributed by atoms with E-state index in [1.807, 2.05) is 6.07 Å². The van der Waals surface area contributed by atoms with E-state index in [0.717, 1.165) is 32.8 Å². The molecule has 0 bridgehead atoms. The van der Waals surface area contributed by atoms with E-state index in [0.29, 0.717) is 27.7 Å². The number of amides is 1. The molecule has 1 saturated heterocycles. The van der Waals surface area contributed by atoms with E-state index in [2.05, 4.69) is 15.2 Å². The van der Waals surface area contributed by atoms with Crippen molar-refractivity contribution in [2.24, 2.45) is 0 Å². The monoisotopic (exact) mass is 408 g/mol. The number of phenols is 1. The summed E-state index contributed by atoms with van der Waals surface area (Å²) in [5.74, 6) is -0.204. The minimum atomic E-state index is -0.140. The molecule has 2 N–H and O–H groups in total. The third-order valence-corrected chi connectivity index (χ3v) is 5.39. The van der Waals surface area contributed by atoms with Gasteiger partial charge in [0.05, 0.1) is 24.5 Å². The van der Waals surface area contributed by atoms with Gasteiger partial charge in [0, 0.05) is 31.7 Å². The summed E-state index contributed by atoms with van der Waals surface area (Å²) in [4.78, 5) is 19.7. The third-order valence-electron chi connectivity index (χ3n) is 4.18. The van der Waals surface area contributed by atoms with Gasteiger partial charge in [-0.1, -0.05) is 0 Å². The van der Waals surface area contributed by atoms with Crippen LogP contribution < -0.4 is 5.32 Å². The number of ether oxygens (including phenoxy) is 1. The average Bonchev–Trinajstić information content (AvgIpc) is 3.05. The summed E-state index contributed by atoms with van der Waals surface area (Å²) in [5.41, 5.74) is 1.55. The highest BCUT2D eigenvalue weighted by molar-refractivity contribution is 7.17. The van der Waals surface area contributed by atoms with Gasteiger partial charge in [0.25, 0.3) is 5.91 Å². The number of halogens is 1. The van der Waals surface area contributed by atoms with Gasteiger partial charge in [-0.2, -0.15) is 5.26 Å². The molecule has 0 saturated carbocycles. The SMILES string of the molecule is Cc1nc(-c2ccc(O)c(C#N)c2)sc1C(=O)NCCN1CCOCC1.Cl. The van der Waals surface area contributed by atoms with Crippen LogP contribution >= 0.6 is 23.7 Å². The Kier molecular flexibility index (Phi) is 7.56. The van der Waals surface area contributed by atoms with Crippen molar-refractivity contribution in [3.05, 3.63) is 34.3 Å². The lowest BCUT2D eigenvalue weighted by Crippen LogP contribution is -2.41. The van der Waals surface area contributed by atoms with Gasteiger partial charge < -0.3 is 15.2 Å². The summed E-state index contributed by atoms with van der Waals surface area (Å²) in [6.07, 6.45) is 0. The molecule has 0 aliphatic carbocycles. The van der Waals surface area contributed by atoms with Crippen LogP contribution in [0.15, 0.2) is 18.2 Å². The quantitative estimate of drug-likeness (QED) is 0.786. The number of nitrogens with zero attached hydrogens (tertiary/aromatic N) is 3. The maximum atomic E-state index is 12.5. The van der Waals surface area contributed by atoms with Gasteiger partial charge in [-0.15, -0.1) is 23.7 Å². The van der Waals surface area contributed by atoms with E-state index in [1.54, 1.807) is 19.1 Å². The van der Waals surface area contributed by atoms with Crippen molar-refractivity contribution < 1.29 is 14.6 Å². The molecule has 144 valence electrons. The molecule has 3 rings (SSSR count). The van der Waals surface area contributed by atoms with Crippen molar-refractivity contribution in [2.75, 3.05) is 39.4 Å². The van der Waals surface area contributed by atoms with E-state index in [4.69, 9.17) is 10.00 Å². The number of aromatic hydroxyl groups is 1. The van der Waals surface area contributed by atoms with Crippen LogP contribution in [0.1, 0.15) is 20.9 Å². The Morgan fingerprint density at radius 2 is 2.19 bits per heavy atom. The number of nitriles is 1. The van der Waals surface area contributed by atoms with E-state index < -0.39 is 0 Å². The Bertz CT molecular complexity index is 844. The second-order valence-electron chi connectivity index (χ2n) is 5.99. The topological polar surface area (TPSA) is 98.5 Å². The molecule has 2 aromatic rings. The first kappa shape index (κ1) is 21.1. The number of carbonyl (C=O) groups is 1. The van der Waals surface area contributed by atoms with E-state index in [9.17, 15) is 9.90 Å². The molecule has 2 heterocycles. The summed E-state index contributed by atoms with van der Waals surface area (Å²) in [6.45, 7) is 6.42. The first-order chi connectivity index (χ1) is 12.6. The smallest absolute Gasteiger partial charge is 0.263 e. The predicted octanol–water partition coefficient (Wildman–Crippen LogP) is 2.18. The van der Waals surface area contributed by atoms with Crippen LogP contribution in [0.5, 0.6) is 5.75 Å². The van der Waals surface area contributed by atoms with Crippen LogP contribution in [-0.2, 0) is 4.74 Å². The minimum Gasteiger partial charge on any atom is -0.507 e. The number of carbonyl (C=O) groups excluding carboxylic acids is 1.